The van der Waals surface area contributed by atoms with Crippen molar-refractivity contribution in [2.75, 3.05) is 13.1 Å². The summed E-state index contributed by atoms with van der Waals surface area (Å²) in [7, 11) is 0. The summed E-state index contributed by atoms with van der Waals surface area (Å²) < 4.78 is 2.30. The topological polar surface area (TPSA) is 81.4 Å². The monoisotopic (exact) mass is 279 g/mol. The van der Waals surface area contributed by atoms with Gasteiger partial charge in [0.1, 0.15) is 12.3 Å². The van der Waals surface area contributed by atoms with E-state index in [-0.39, 0.29) is 18.2 Å². The van der Waals surface area contributed by atoms with Crippen LogP contribution in [-0.4, -0.2) is 38.8 Å². The predicted octanol–water partition coefficient (Wildman–Crippen LogP) is -0.779. The number of aryl methyl sites for hydroxylation is 1. The zero-order valence-electron chi connectivity index (χ0n) is 11.4. The maximum Gasteiger partial charge on any atom is 0.331 e. The van der Waals surface area contributed by atoms with E-state index in [0.29, 0.717) is 32.5 Å². The van der Waals surface area contributed by atoms with Crippen LogP contribution in [0.4, 0.5) is 0 Å². The molecule has 1 aromatic heterocycles. The molecule has 0 aromatic carbocycles. The van der Waals surface area contributed by atoms with Crippen molar-refractivity contribution >= 4 is 11.7 Å². The van der Waals surface area contributed by atoms with Crippen LogP contribution in [0.1, 0.15) is 19.8 Å². The van der Waals surface area contributed by atoms with Gasteiger partial charge in [-0.25, -0.2) is 4.79 Å². The zero-order valence-corrected chi connectivity index (χ0v) is 11.4. The van der Waals surface area contributed by atoms with E-state index in [0.717, 1.165) is 4.57 Å². The summed E-state index contributed by atoms with van der Waals surface area (Å²) in [5.41, 5.74) is -0.970. The highest BCUT2D eigenvalue weighted by Gasteiger charge is 2.21. The maximum atomic E-state index is 12.1. The van der Waals surface area contributed by atoms with E-state index < -0.39 is 11.2 Å². The standard InChI is InChI=1S/C13H17N3O4/c1-2-14-8-5-11(18)16(13(14)20)9-12(19)15-6-3-10(17)4-7-15/h5,8H,2-4,6-7,9H2,1H3. The molecule has 0 aliphatic carbocycles. The summed E-state index contributed by atoms with van der Waals surface area (Å²) in [4.78, 5) is 48.4. The normalized spacial score (nSPS) is 15.4. The summed E-state index contributed by atoms with van der Waals surface area (Å²) in [5.74, 6) is -0.162. The number of likely N-dealkylation sites (tertiary alicyclic amines) is 1. The molecule has 1 amide bonds. The van der Waals surface area contributed by atoms with Crippen LogP contribution in [-0.2, 0) is 22.7 Å². The molecular formula is C13H17N3O4. The van der Waals surface area contributed by atoms with Crippen LogP contribution in [0.2, 0.25) is 0 Å². The highest BCUT2D eigenvalue weighted by atomic mass is 16.2. The number of hydrogen-bond donors (Lipinski definition) is 0. The summed E-state index contributed by atoms with van der Waals surface area (Å²) in [5, 5.41) is 0. The molecule has 2 rings (SSSR count). The van der Waals surface area contributed by atoms with Gasteiger partial charge in [-0.3, -0.25) is 19.0 Å². The predicted molar refractivity (Wildman–Crippen MR) is 71.5 cm³/mol. The molecular weight excluding hydrogens is 262 g/mol. The van der Waals surface area contributed by atoms with Crippen LogP contribution < -0.4 is 11.2 Å². The van der Waals surface area contributed by atoms with E-state index in [2.05, 4.69) is 0 Å². The molecule has 0 N–H and O–H groups in total. The highest BCUT2D eigenvalue weighted by molar-refractivity contribution is 5.83. The van der Waals surface area contributed by atoms with Crippen LogP contribution >= 0.6 is 0 Å². The molecule has 0 radical (unpaired) electrons. The first-order valence-corrected chi connectivity index (χ1v) is 6.62. The lowest BCUT2D eigenvalue weighted by Crippen LogP contribution is -2.46. The van der Waals surface area contributed by atoms with Gasteiger partial charge in [0.15, 0.2) is 0 Å². The van der Waals surface area contributed by atoms with Crippen LogP contribution in [0, 0.1) is 0 Å². The Morgan fingerprint density at radius 3 is 2.45 bits per heavy atom. The van der Waals surface area contributed by atoms with Crippen molar-refractivity contribution in [3.8, 4) is 0 Å². The van der Waals surface area contributed by atoms with Crippen molar-refractivity contribution in [3.05, 3.63) is 33.1 Å². The van der Waals surface area contributed by atoms with Gasteiger partial charge in [0, 0.05) is 44.7 Å². The second-order valence-electron chi connectivity index (χ2n) is 4.73. The van der Waals surface area contributed by atoms with Crippen molar-refractivity contribution < 1.29 is 9.59 Å². The first kappa shape index (κ1) is 14.2. The third-order valence-electron chi connectivity index (χ3n) is 3.45. The number of amides is 1. The Bertz CT molecular complexity index is 634. The Hall–Kier alpha value is -2.18. The fourth-order valence-electron chi connectivity index (χ4n) is 2.18. The largest absolute Gasteiger partial charge is 0.340 e. The molecule has 0 saturated carbocycles. The molecule has 108 valence electrons. The number of hydrogen-bond acceptors (Lipinski definition) is 4. The summed E-state index contributed by atoms with van der Waals surface area (Å²) >= 11 is 0. The average molecular weight is 279 g/mol. The second kappa shape index (κ2) is 5.85. The summed E-state index contributed by atoms with van der Waals surface area (Å²) in [6.07, 6.45) is 2.11. The molecule has 7 nitrogen and oxygen atoms in total. The molecule has 2 heterocycles. The Morgan fingerprint density at radius 1 is 1.20 bits per heavy atom. The van der Waals surface area contributed by atoms with Gasteiger partial charge in [0.2, 0.25) is 5.91 Å². The maximum absolute atomic E-state index is 12.1. The Morgan fingerprint density at radius 2 is 1.85 bits per heavy atom. The van der Waals surface area contributed by atoms with Gasteiger partial charge in [-0.15, -0.1) is 0 Å². The quantitative estimate of drug-likeness (QED) is 0.727. The second-order valence-corrected chi connectivity index (χ2v) is 4.73. The lowest BCUT2D eigenvalue weighted by atomic mass is 10.1. The molecule has 7 heteroatoms. The number of carbonyl (C=O) groups is 2. The molecule has 1 aromatic rings. The van der Waals surface area contributed by atoms with Gasteiger partial charge in [-0.2, -0.15) is 0 Å². The lowest BCUT2D eigenvalue weighted by molar-refractivity contribution is -0.135. The summed E-state index contributed by atoms with van der Waals surface area (Å²) in [6, 6.07) is 1.28. The Kier molecular flexibility index (Phi) is 4.16. The average Bonchev–Trinajstić information content (AvgIpc) is 2.44. The van der Waals surface area contributed by atoms with Gasteiger partial charge < -0.3 is 9.47 Å². The van der Waals surface area contributed by atoms with Gasteiger partial charge in [0.25, 0.3) is 5.56 Å². The molecule has 20 heavy (non-hydrogen) atoms. The number of rotatable bonds is 3. The fraction of sp³-hybridized carbons (Fsp3) is 0.538. The first-order valence-electron chi connectivity index (χ1n) is 6.62. The third kappa shape index (κ3) is 2.87. The first-order chi connectivity index (χ1) is 9.52. The van der Waals surface area contributed by atoms with E-state index >= 15 is 0 Å². The van der Waals surface area contributed by atoms with E-state index in [4.69, 9.17) is 0 Å². The van der Waals surface area contributed by atoms with E-state index in [1.165, 1.54) is 21.7 Å². The van der Waals surface area contributed by atoms with Gasteiger partial charge in [-0.1, -0.05) is 0 Å². The Balaban J connectivity index is 2.18. The van der Waals surface area contributed by atoms with Gasteiger partial charge >= 0.3 is 5.69 Å². The van der Waals surface area contributed by atoms with Crippen LogP contribution in [0.15, 0.2) is 21.9 Å². The van der Waals surface area contributed by atoms with Crippen LogP contribution in [0.25, 0.3) is 0 Å². The minimum Gasteiger partial charge on any atom is -0.340 e. The van der Waals surface area contributed by atoms with Gasteiger partial charge in [-0.05, 0) is 6.92 Å². The fourth-order valence-corrected chi connectivity index (χ4v) is 2.18. The number of aromatic nitrogens is 2. The lowest BCUT2D eigenvalue weighted by Gasteiger charge is -2.26. The van der Waals surface area contributed by atoms with Crippen molar-refractivity contribution in [2.45, 2.75) is 32.9 Å². The molecule has 0 atom stereocenters. The van der Waals surface area contributed by atoms with Crippen molar-refractivity contribution in [2.24, 2.45) is 0 Å². The number of piperidine rings is 1. The van der Waals surface area contributed by atoms with Crippen molar-refractivity contribution in [1.82, 2.24) is 14.0 Å². The number of Topliss-reactive ketones (excluding diaryl/α,β-unsaturated/α-hetero) is 1. The summed E-state index contributed by atoms with van der Waals surface area (Å²) in [6.45, 7) is 2.68. The highest BCUT2D eigenvalue weighted by Crippen LogP contribution is 2.06. The van der Waals surface area contributed by atoms with E-state index in [1.807, 2.05) is 0 Å². The van der Waals surface area contributed by atoms with E-state index in [9.17, 15) is 19.2 Å². The SMILES string of the molecule is CCn1ccc(=O)n(CC(=O)N2CCC(=O)CC2)c1=O. The Labute approximate surface area is 115 Å². The van der Waals surface area contributed by atoms with Crippen LogP contribution in [0.3, 0.4) is 0 Å². The molecule has 1 aliphatic heterocycles. The molecule has 1 saturated heterocycles. The number of nitrogens with zero attached hydrogens (tertiary/aromatic N) is 3. The zero-order chi connectivity index (χ0) is 14.7. The molecule has 0 unspecified atom stereocenters. The number of carbonyl (C=O) groups excluding carboxylic acids is 2. The number of ketones is 1. The molecule has 0 spiro atoms. The smallest absolute Gasteiger partial charge is 0.331 e. The minimum absolute atomic E-state index is 0.138. The van der Waals surface area contributed by atoms with Crippen molar-refractivity contribution in [1.29, 1.82) is 0 Å². The minimum atomic E-state index is -0.485. The van der Waals surface area contributed by atoms with Crippen molar-refractivity contribution in [3.63, 3.8) is 0 Å². The van der Waals surface area contributed by atoms with Gasteiger partial charge in [0.05, 0.1) is 0 Å². The van der Waals surface area contributed by atoms with Crippen LogP contribution in [0.5, 0.6) is 0 Å². The third-order valence-corrected chi connectivity index (χ3v) is 3.45. The molecule has 1 aliphatic rings. The molecule has 1 fully saturated rings. The molecule has 0 bridgehead atoms. The van der Waals surface area contributed by atoms with E-state index in [1.54, 1.807) is 6.92 Å².